The van der Waals surface area contributed by atoms with Crippen molar-refractivity contribution >= 4 is 33.3 Å². The molecule has 1 heterocycles. The van der Waals surface area contributed by atoms with Crippen LogP contribution in [0.15, 0.2) is 35.1 Å². The SMILES string of the molecule is Nc1nccnc1Nc1ccc(F)c(Br)c1. The maximum Gasteiger partial charge on any atom is 0.173 e. The highest BCUT2D eigenvalue weighted by atomic mass is 79.9. The van der Waals surface area contributed by atoms with Gasteiger partial charge in [0.2, 0.25) is 0 Å². The molecule has 0 bridgehead atoms. The molecule has 16 heavy (non-hydrogen) atoms. The third kappa shape index (κ3) is 2.27. The third-order valence-electron chi connectivity index (χ3n) is 1.91. The van der Waals surface area contributed by atoms with E-state index >= 15 is 0 Å². The Bertz CT molecular complexity index is 518. The molecule has 0 spiro atoms. The quantitative estimate of drug-likeness (QED) is 0.889. The van der Waals surface area contributed by atoms with E-state index in [4.69, 9.17) is 5.73 Å². The number of nitrogens with zero attached hydrogens (tertiary/aromatic N) is 2. The van der Waals surface area contributed by atoms with Gasteiger partial charge in [-0.3, -0.25) is 0 Å². The third-order valence-corrected chi connectivity index (χ3v) is 2.52. The number of nitrogens with two attached hydrogens (primary N) is 1. The molecule has 0 aliphatic rings. The summed E-state index contributed by atoms with van der Waals surface area (Å²) >= 11 is 3.10. The van der Waals surface area contributed by atoms with Crippen molar-refractivity contribution in [1.29, 1.82) is 0 Å². The maximum absolute atomic E-state index is 13.0. The number of aromatic nitrogens is 2. The first kappa shape index (κ1) is 10.8. The molecule has 0 saturated heterocycles. The zero-order chi connectivity index (χ0) is 11.5. The van der Waals surface area contributed by atoms with Crippen LogP contribution in [0.25, 0.3) is 0 Å². The van der Waals surface area contributed by atoms with Crippen LogP contribution in [0.1, 0.15) is 0 Å². The molecular formula is C10H8BrFN4. The maximum atomic E-state index is 13.0. The lowest BCUT2D eigenvalue weighted by Crippen LogP contribution is -2.00. The summed E-state index contributed by atoms with van der Waals surface area (Å²) in [6.45, 7) is 0. The Morgan fingerprint density at radius 1 is 1.25 bits per heavy atom. The van der Waals surface area contributed by atoms with Gasteiger partial charge in [0.05, 0.1) is 4.47 Å². The van der Waals surface area contributed by atoms with Gasteiger partial charge in [0.15, 0.2) is 11.6 Å². The van der Waals surface area contributed by atoms with Crippen LogP contribution < -0.4 is 11.1 Å². The van der Waals surface area contributed by atoms with Gasteiger partial charge in [0.1, 0.15) is 5.82 Å². The van der Waals surface area contributed by atoms with Crippen LogP contribution in [-0.2, 0) is 0 Å². The summed E-state index contributed by atoms with van der Waals surface area (Å²) in [5.74, 6) is 0.418. The van der Waals surface area contributed by atoms with E-state index in [1.807, 2.05) is 0 Å². The highest BCUT2D eigenvalue weighted by molar-refractivity contribution is 9.10. The molecule has 0 radical (unpaired) electrons. The van der Waals surface area contributed by atoms with Gasteiger partial charge in [0.25, 0.3) is 0 Å². The Kier molecular flexibility index (Phi) is 3.00. The van der Waals surface area contributed by atoms with Gasteiger partial charge < -0.3 is 11.1 Å². The zero-order valence-electron chi connectivity index (χ0n) is 8.11. The summed E-state index contributed by atoms with van der Waals surface area (Å²) in [6, 6.07) is 4.54. The molecule has 0 unspecified atom stereocenters. The summed E-state index contributed by atoms with van der Waals surface area (Å²) < 4.78 is 13.4. The van der Waals surface area contributed by atoms with Crippen molar-refractivity contribution in [3.05, 3.63) is 40.9 Å². The van der Waals surface area contributed by atoms with Gasteiger partial charge in [-0.1, -0.05) is 0 Å². The van der Waals surface area contributed by atoms with E-state index < -0.39 is 0 Å². The predicted molar refractivity (Wildman–Crippen MR) is 63.8 cm³/mol. The first-order valence-electron chi connectivity index (χ1n) is 4.45. The van der Waals surface area contributed by atoms with Crippen molar-refractivity contribution in [2.45, 2.75) is 0 Å². The largest absolute Gasteiger partial charge is 0.381 e. The molecule has 0 saturated carbocycles. The summed E-state index contributed by atoms with van der Waals surface area (Å²) in [6.07, 6.45) is 3.03. The molecular weight excluding hydrogens is 275 g/mol. The van der Waals surface area contributed by atoms with Crippen molar-refractivity contribution in [1.82, 2.24) is 9.97 Å². The number of hydrogen-bond donors (Lipinski definition) is 2. The number of nitrogen functional groups attached to an aromatic ring is 1. The lowest BCUT2D eigenvalue weighted by Gasteiger charge is -2.07. The highest BCUT2D eigenvalue weighted by Crippen LogP contribution is 2.23. The molecule has 4 nitrogen and oxygen atoms in total. The minimum absolute atomic E-state index is 0.294. The van der Waals surface area contributed by atoms with Gasteiger partial charge in [-0.05, 0) is 34.1 Å². The lowest BCUT2D eigenvalue weighted by molar-refractivity contribution is 0.621. The van der Waals surface area contributed by atoms with Crippen LogP contribution in [-0.4, -0.2) is 9.97 Å². The molecule has 2 aromatic rings. The molecule has 0 aliphatic heterocycles. The van der Waals surface area contributed by atoms with Gasteiger partial charge >= 0.3 is 0 Å². The first-order chi connectivity index (χ1) is 7.66. The number of nitrogens with one attached hydrogen (secondary N) is 1. The van der Waals surface area contributed by atoms with Crippen molar-refractivity contribution in [3.8, 4) is 0 Å². The van der Waals surface area contributed by atoms with Gasteiger partial charge in [-0.25, -0.2) is 14.4 Å². The number of hydrogen-bond acceptors (Lipinski definition) is 4. The highest BCUT2D eigenvalue weighted by Gasteiger charge is 2.04. The molecule has 0 fully saturated rings. The number of benzene rings is 1. The minimum Gasteiger partial charge on any atom is -0.381 e. The van der Waals surface area contributed by atoms with Crippen LogP contribution in [0.2, 0.25) is 0 Å². The second kappa shape index (κ2) is 4.44. The molecule has 2 rings (SSSR count). The number of anilines is 3. The van der Waals surface area contributed by atoms with Crippen molar-refractivity contribution in [2.75, 3.05) is 11.1 Å². The normalized spacial score (nSPS) is 10.1. The fourth-order valence-corrected chi connectivity index (χ4v) is 1.53. The van der Waals surface area contributed by atoms with Crippen LogP contribution in [0, 0.1) is 5.82 Å². The van der Waals surface area contributed by atoms with Crippen LogP contribution in [0.3, 0.4) is 0 Å². The summed E-state index contributed by atoms with van der Waals surface area (Å²) in [7, 11) is 0. The lowest BCUT2D eigenvalue weighted by atomic mass is 10.3. The number of rotatable bonds is 2. The van der Waals surface area contributed by atoms with E-state index in [1.165, 1.54) is 18.5 Å². The fraction of sp³-hybridized carbons (Fsp3) is 0. The minimum atomic E-state index is -0.322. The molecule has 0 amide bonds. The zero-order valence-corrected chi connectivity index (χ0v) is 9.70. The Hall–Kier alpha value is -1.69. The number of halogens is 2. The van der Waals surface area contributed by atoms with Crippen molar-refractivity contribution in [2.24, 2.45) is 0 Å². The van der Waals surface area contributed by atoms with Crippen molar-refractivity contribution in [3.63, 3.8) is 0 Å². The van der Waals surface area contributed by atoms with Gasteiger partial charge in [-0.2, -0.15) is 0 Å². The van der Waals surface area contributed by atoms with E-state index in [1.54, 1.807) is 12.1 Å². The fourth-order valence-electron chi connectivity index (χ4n) is 1.16. The average Bonchev–Trinajstić information content (AvgIpc) is 2.27. The Labute approximate surface area is 99.9 Å². The van der Waals surface area contributed by atoms with Crippen LogP contribution in [0.5, 0.6) is 0 Å². The molecule has 1 aromatic heterocycles. The van der Waals surface area contributed by atoms with E-state index in [2.05, 4.69) is 31.2 Å². The van der Waals surface area contributed by atoms with Gasteiger partial charge in [-0.15, -0.1) is 0 Å². The van der Waals surface area contributed by atoms with E-state index in [-0.39, 0.29) is 5.82 Å². The molecule has 3 N–H and O–H groups in total. The molecule has 6 heteroatoms. The predicted octanol–water partition coefficient (Wildman–Crippen LogP) is 2.70. The monoisotopic (exact) mass is 282 g/mol. The Morgan fingerprint density at radius 3 is 2.69 bits per heavy atom. The summed E-state index contributed by atoms with van der Waals surface area (Å²) in [5, 5.41) is 2.94. The summed E-state index contributed by atoms with van der Waals surface area (Å²) in [4.78, 5) is 7.90. The van der Waals surface area contributed by atoms with E-state index in [0.29, 0.717) is 21.8 Å². The first-order valence-corrected chi connectivity index (χ1v) is 5.24. The van der Waals surface area contributed by atoms with Crippen molar-refractivity contribution < 1.29 is 4.39 Å². The Balaban J connectivity index is 2.28. The van der Waals surface area contributed by atoms with Crippen LogP contribution in [0.4, 0.5) is 21.7 Å². The molecule has 82 valence electrons. The standard InChI is InChI=1S/C10H8BrFN4/c11-7-5-6(1-2-8(7)12)16-10-9(13)14-3-4-15-10/h1-5H,(H2,13,14)(H,15,16). The average molecular weight is 283 g/mol. The second-order valence-electron chi connectivity index (χ2n) is 3.04. The topological polar surface area (TPSA) is 63.8 Å². The van der Waals surface area contributed by atoms with E-state index in [0.717, 1.165) is 0 Å². The van der Waals surface area contributed by atoms with Gasteiger partial charge in [0, 0.05) is 18.1 Å². The smallest absolute Gasteiger partial charge is 0.173 e. The second-order valence-corrected chi connectivity index (χ2v) is 3.90. The Morgan fingerprint density at radius 2 is 2.00 bits per heavy atom. The van der Waals surface area contributed by atoms with E-state index in [9.17, 15) is 4.39 Å². The molecule has 0 aliphatic carbocycles. The summed E-state index contributed by atoms with van der Waals surface area (Å²) in [5.41, 5.74) is 6.30. The van der Waals surface area contributed by atoms with Crippen LogP contribution >= 0.6 is 15.9 Å². The molecule has 1 aromatic carbocycles. The molecule has 0 atom stereocenters.